The number of hydrogen-bond donors (Lipinski definition) is 2. The van der Waals surface area contributed by atoms with Gasteiger partial charge in [-0.2, -0.15) is 0 Å². The summed E-state index contributed by atoms with van der Waals surface area (Å²) in [6, 6.07) is 0. The van der Waals surface area contributed by atoms with E-state index in [4.69, 9.17) is 14.4 Å². The molecule has 0 saturated carbocycles. The summed E-state index contributed by atoms with van der Waals surface area (Å²) in [5.41, 5.74) is 0. The second kappa shape index (κ2) is 2.69. The average Bonchev–Trinajstić information content (AvgIpc) is 1.11. The molecule has 2 N–H and O–H groups in total. The second-order valence-electron chi connectivity index (χ2n) is 1.80. The van der Waals surface area contributed by atoms with Crippen molar-refractivity contribution >= 4 is 8.25 Å². The Morgan fingerprint density at radius 3 is 0.909 bits per heavy atom. The van der Waals surface area contributed by atoms with Gasteiger partial charge in [-0.25, -0.2) is 0 Å². The molecule has 0 aliphatic heterocycles. The summed E-state index contributed by atoms with van der Waals surface area (Å²) in [5, 5.41) is 0. The molecule has 0 radical (unpaired) electrons. The molecule has 0 aromatic heterocycles. The van der Waals surface area contributed by atoms with E-state index in [0.717, 1.165) is 0 Å². The molecule has 0 bridgehead atoms. The van der Waals surface area contributed by atoms with Gasteiger partial charge in [0.05, 0.1) is 0 Å². The predicted molar refractivity (Wildman–Crippen MR) is 20.1 cm³/mol. The summed E-state index contributed by atoms with van der Waals surface area (Å²) in [5.74, 6) is 0. The van der Waals surface area contributed by atoms with Gasteiger partial charge in [0.2, 0.25) is 0 Å². The van der Waals surface area contributed by atoms with Crippen LogP contribution >= 0.6 is 8.25 Å². The number of rotatable bonds is 0. The molecule has 0 aliphatic rings. The fraction of sp³-hybridized carbons (Fsp3) is 0. The molecule has 0 fully saturated rings. The molecule has 0 aromatic rings. The van der Waals surface area contributed by atoms with Gasteiger partial charge < -0.3 is 9.79 Å². The summed E-state index contributed by atoms with van der Waals surface area (Å²) in [6.07, 6.45) is 0. The fourth-order valence-electron chi connectivity index (χ4n) is 0. The number of halogens is 6. The van der Waals surface area contributed by atoms with Crippen molar-refractivity contribution in [3.63, 3.8) is 0 Å². The molecule has 3 nitrogen and oxygen atoms in total. The Morgan fingerprint density at radius 1 is 0.909 bits per heavy atom. The van der Waals surface area contributed by atoms with Crippen molar-refractivity contribution in [3.05, 3.63) is 0 Å². The molecule has 0 aliphatic carbocycles. The molecule has 0 unspecified atom stereocenters. The van der Waals surface area contributed by atoms with E-state index >= 15 is 0 Å². The van der Waals surface area contributed by atoms with E-state index in [9.17, 15) is 19.9 Å². The summed E-state index contributed by atoms with van der Waals surface area (Å²) in [7, 11) is -3.13. The van der Waals surface area contributed by atoms with Crippen LogP contribution in [0.1, 0.15) is 0 Å². The second-order valence-corrected chi connectivity index (χ2v) is 8.72. The van der Waals surface area contributed by atoms with Crippen LogP contribution in [0.4, 0.5) is 19.9 Å². The van der Waals surface area contributed by atoms with Gasteiger partial charge >= 0.3 is 43.6 Å². The van der Waals surface area contributed by atoms with Crippen LogP contribution in [0.3, 0.4) is 0 Å². The topological polar surface area (TPSA) is 57.5 Å². The van der Waals surface area contributed by atoms with Crippen LogP contribution in [-0.4, -0.2) is 9.79 Å². The minimum atomic E-state index is -11.4. The maximum atomic E-state index is 9.94. The quantitative estimate of drug-likeness (QED) is 0.398. The molecule has 0 aromatic carbocycles. The third-order valence-electron chi connectivity index (χ3n) is 0. The third kappa shape index (κ3) is 5790. The van der Waals surface area contributed by atoms with Crippen LogP contribution in [0.25, 0.3) is 0 Å². The Hall–Kier alpha value is 0.353. The van der Waals surface area contributed by atoms with Gasteiger partial charge in [0, 0.05) is 0 Å². The van der Waals surface area contributed by atoms with Crippen molar-refractivity contribution in [1.29, 1.82) is 0 Å². The van der Waals surface area contributed by atoms with E-state index in [-0.39, 0.29) is 0 Å². The molecular formula is H3F6O3PZn. The minimum absolute atomic E-state index is 3.13. The van der Waals surface area contributed by atoms with E-state index in [1.807, 2.05) is 0 Å². The Labute approximate surface area is 58.7 Å². The van der Waals surface area contributed by atoms with Crippen LogP contribution in [0.2, 0.25) is 0 Å². The van der Waals surface area contributed by atoms with Gasteiger partial charge in [0.25, 0.3) is 0 Å². The molecule has 0 spiro atoms. The van der Waals surface area contributed by atoms with E-state index in [1.54, 1.807) is 0 Å². The van der Waals surface area contributed by atoms with E-state index < -0.39 is 23.7 Å². The van der Waals surface area contributed by atoms with Crippen molar-refractivity contribution in [2.75, 3.05) is 0 Å². The summed E-state index contributed by atoms with van der Waals surface area (Å²) < 4.78 is 68.4. The summed E-state index contributed by atoms with van der Waals surface area (Å²) >= 11 is -11.4. The Kier molecular flexibility index (Phi) is 3.40. The molecule has 0 rings (SSSR count). The molecular weight excluding hydrogens is 258 g/mol. The van der Waals surface area contributed by atoms with Crippen LogP contribution in [0.5, 0.6) is 0 Å². The van der Waals surface area contributed by atoms with Gasteiger partial charge in [-0.1, -0.05) is 0 Å². The molecule has 0 amide bonds. The monoisotopic (exact) mass is 260 g/mol. The van der Waals surface area contributed by atoms with Gasteiger partial charge in [0.15, 0.2) is 0 Å². The van der Waals surface area contributed by atoms with Gasteiger partial charge in [-0.3, -0.25) is 4.57 Å². The zero-order valence-corrected chi connectivity index (χ0v) is 8.74. The van der Waals surface area contributed by atoms with Crippen molar-refractivity contribution in [1.82, 2.24) is 0 Å². The summed E-state index contributed by atoms with van der Waals surface area (Å²) in [4.78, 5) is 14.3. The Morgan fingerprint density at radius 2 is 0.909 bits per heavy atom. The van der Waals surface area contributed by atoms with Crippen LogP contribution in [0.15, 0.2) is 0 Å². The SMILES string of the molecule is O=[PH](O)O.[F][Zn]([F])([F])([F])([F])[F]. The maximum absolute atomic E-state index is 11.4. The first-order valence-corrected chi connectivity index (χ1v) is 10.3. The normalized spacial score (nSPS) is 14.6. The van der Waals surface area contributed by atoms with Crippen molar-refractivity contribution in [3.8, 4) is 0 Å². The average molecular weight is 261 g/mol. The van der Waals surface area contributed by atoms with Crippen molar-refractivity contribution in [2.45, 2.75) is 0 Å². The fourth-order valence-corrected chi connectivity index (χ4v) is 0. The number of hydrogen-bond acceptors (Lipinski definition) is 1. The Bertz CT molecular complexity index is 136. The summed E-state index contributed by atoms with van der Waals surface area (Å²) in [6.45, 7) is 0. The van der Waals surface area contributed by atoms with Crippen molar-refractivity contribution < 1.29 is 49.7 Å². The van der Waals surface area contributed by atoms with Gasteiger partial charge in [0.1, 0.15) is 0 Å². The first-order chi connectivity index (χ1) is 4.18. The zero-order valence-electron chi connectivity index (χ0n) is 4.78. The van der Waals surface area contributed by atoms with E-state index in [1.165, 1.54) is 0 Å². The van der Waals surface area contributed by atoms with Gasteiger partial charge in [-0.05, 0) is 0 Å². The van der Waals surface area contributed by atoms with Crippen molar-refractivity contribution in [2.24, 2.45) is 0 Å². The first kappa shape index (κ1) is 13.9. The Balaban J connectivity index is 0. The molecule has 0 atom stereocenters. The molecule has 11 heavy (non-hydrogen) atoms. The van der Waals surface area contributed by atoms with Crippen LogP contribution < -0.4 is 0 Å². The molecule has 0 saturated heterocycles. The standard InChI is InChI=1S/6FH.H3O3P.Zn/c;;;;;;1-4(2)3;/h6*1H;4H,(H2,1,2,3);/q;;;;;;;+6/p-6. The van der Waals surface area contributed by atoms with E-state index in [0.29, 0.717) is 0 Å². The molecule has 11 heteroatoms. The first-order valence-electron chi connectivity index (χ1n) is 2.25. The van der Waals surface area contributed by atoms with Gasteiger partial charge in [-0.15, -0.1) is 0 Å². The predicted octanol–water partition coefficient (Wildman–Crippen LogP) is 1.88. The van der Waals surface area contributed by atoms with Crippen LogP contribution in [-0.2, 0) is 20.0 Å². The van der Waals surface area contributed by atoms with E-state index in [2.05, 4.69) is 0 Å². The third-order valence-corrected chi connectivity index (χ3v) is 0. The zero-order chi connectivity index (χ0) is 9.99. The molecule has 70 valence electrons. The van der Waals surface area contributed by atoms with Crippen LogP contribution in [0, 0.1) is 0 Å². The molecule has 0 heterocycles.